The molecule has 2 heterocycles. The molecular formula is C21H39N5O. The van der Waals surface area contributed by atoms with Crippen LogP contribution in [0.1, 0.15) is 64.0 Å². The Labute approximate surface area is 165 Å². The van der Waals surface area contributed by atoms with Crippen LogP contribution in [-0.4, -0.2) is 49.2 Å². The van der Waals surface area contributed by atoms with E-state index in [0.717, 1.165) is 55.1 Å². The number of hydrogen-bond donors (Lipinski definition) is 2. The highest BCUT2D eigenvalue weighted by molar-refractivity contribution is 5.79. The third-order valence-electron chi connectivity index (χ3n) is 5.40. The Bertz CT molecular complexity index is 552. The van der Waals surface area contributed by atoms with E-state index in [4.69, 9.17) is 4.52 Å². The summed E-state index contributed by atoms with van der Waals surface area (Å²) >= 11 is 0. The van der Waals surface area contributed by atoms with Crippen LogP contribution in [0.3, 0.4) is 0 Å². The number of guanidine groups is 1. The Morgan fingerprint density at radius 1 is 1.15 bits per heavy atom. The fraction of sp³-hybridized carbons (Fsp3) is 0.810. The fourth-order valence-electron chi connectivity index (χ4n) is 4.17. The van der Waals surface area contributed by atoms with Crippen molar-refractivity contribution in [3.05, 3.63) is 17.0 Å². The van der Waals surface area contributed by atoms with E-state index in [1.165, 1.54) is 38.0 Å². The highest BCUT2D eigenvalue weighted by Gasteiger charge is 2.21. The number of unbranched alkanes of at least 4 members (excludes halogenated alkanes) is 1. The van der Waals surface area contributed by atoms with Crippen LogP contribution >= 0.6 is 0 Å². The van der Waals surface area contributed by atoms with Gasteiger partial charge in [0.2, 0.25) is 0 Å². The topological polar surface area (TPSA) is 65.7 Å². The van der Waals surface area contributed by atoms with Gasteiger partial charge in [-0.25, -0.2) is 0 Å². The number of aromatic nitrogens is 1. The molecule has 1 aliphatic rings. The molecule has 6 heteroatoms. The molecule has 2 unspecified atom stereocenters. The Balaban J connectivity index is 1.67. The zero-order chi connectivity index (χ0) is 19.6. The van der Waals surface area contributed by atoms with E-state index in [2.05, 4.69) is 53.4 Å². The van der Waals surface area contributed by atoms with E-state index in [1.807, 2.05) is 7.05 Å². The Hall–Kier alpha value is -1.56. The van der Waals surface area contributed by atoms with Crippen LogP contribution in [0.4, 0.5) is 0 Å². The predicted molar refractivity (Wildman–Crippen MR) is 112 cm³/mol. The number of hydrogen-bond acceptors (Lipinski definition) is 4. The summed E-state index contributed by atoms with van der Waals surface area (Å²) < 4.78 is 5.43. The Kier molecular flexibility index (Phi) is 9.11. The molecule has 154 valence electrons. The third kappa shape index (κ3) is 6.83. The van der Waals surface area contributed by atoms with Crippen LogP contribution < -0.4 is 10.6 Å². The Morgan fingerprint density at radius 2 is 1.89 bits per heavy atom. The van der Waals surface area contributed by atoms with Crippen molar-refractivity contribution < 1.29 is 4.52 Å². The molecule has 0 aromatic carbocycles. The van der Waals surface area contributed by atoms with Gasteiger partial charge in [-0.15, -0.1) is 0 Å². The van der Waals surface area contributed by atoms with Crippen molar-refractivity contribution in [2.45, 2.75) is 66.3 Å². The zero-order valence-electron chi connectivity index (χ0n) is 18.0. The van der Waals surface area contributed by atoms with Crippen LogP contribution in [0, 0.1) is 11.8 Å². The number of rotatable bonds is 9. The van der Waals surface area contributed by atoms with Gasteiger partial charge in [-0.2, -0.15) is 0 Å². The molecule has 1 saturated heterocycles. The minimum absolute atomic E-state index is 0.707. The summed E-state index contributed by atoms with van der Waals surface area (Å²) in [6, 6.07) is 0. The molecule has 2 atom stereocenters. The van der Waals surface area contributed by atoms with Crippen LogP contribution in [0.15, 0.2) is 9.52 Å². The predicted octanol–water partition coefficient (Wildman–Crippen LogP) is 3.22. The van der Waals surface area contributed by atoms with Crippen molar-refractivity contribution in [1.29, 1.82) is 0 Å². The zero-order valence-corrected chi connectivity index (χ0v) is 18.0. The van der Waals surface area contributed by atoms with Crippen LogP contribution in [0.25, 0.3) is 0 Å². The SMILES string of the molecule is CCc1noc(CC)c1CNC(=NC)NCCCCN1CC(C)CC(C)C1. The summed E-state index contributed by atoms with van der Waals surface area (Å²) in [7, 11) is 1.82. The first-order chi connectivity index (χ1) is 13.1. The number of nitrogens with one attached hydrogen (secondary N) is 2. The monoisotopic (exact) mass is 377 g/mol. The van der Waals surface area contributed by atoms with E-state index in [9.17, 15) is 0 Å². The van der Waals surface area contributed by atoms with E-state index < -0.39 is 0 Å². The molecule has 0 amide bonds. The van der Waals surface area contributed by atoms with Crippen molar-refractivity contribution in [2.24, 2.45) is 16.8 Å². The van der Waals surface area contributed by atoms with Crippen LogP contribution in [0.2, 0.25) is 0 Å². The van der Waals surface area contributed by atoms with Gasteiger partial charge in [0, 0.05) is 45.2 Å². The van der Waals surface area contributed by atoms with Gasteiger partial charge in [0.25, 0.3) is 0 Å². The maximum absolute atomic E-state index is 5.43. The Morgan fingerprint density at radius 3 is 2.52 bits per heavy atom. The van der Waals surface area contributed by atoms with Gasteiger partial charge in [-0.3, -0.25) is 4.99 Å². The van der Waals surface area contributed by atoms with Crippen molar-refractivity contribution in [2.75, 3.05) is 33.2 Å². The van der Waals surface area contributed by atoms with Gasteiger partial charge in [-0.05, 0) is 44.1 Å². The summed E-state index contributed by atoms with van der Waals surface area (Å²) in [5.74, 6) is 3.50. The summed E-state index contributed by atoms with van der Waals surface area (Å²) in [4.78, 5) is 6.97. The molecule has 1 aliphatic heterocycles. The molecule has 0 bridgehead atoms. The van der Waals surface area contributed by atoms with Gasteiger partial charge in [0.1, 0.15) is 5.76 Å². The smallest absolute Gasteiger partial charge is 0.191 e. The van der Waals surface area contributed by atoms with E-state index >= 15 is 0 Å². The lowest BCUT2D eigenvalue weighted by Gasteiger charge is -2.34. The first-order valence-electron chi connectivity index (χ1n) is 10.7. The van der Waals surface area contributed by atoms with Crippen molar-refractivity contribution in [1.82, 2.24) is 20.7 Å². The van der Waals surface area contributed by atoms with Gasteiger partial charge in [0.05, 0.1) is 5.69 Å². The average molecular weight is 378 g/mol. The van der Waals surface area contributed by atoms with Crippen molar-refractivity contribution in [3.63, 3.8) is 0 Å². The lowest BCUT2D eigenvalue weighted by Crippen LogP contribution is -2.40. The van der Waals surface area contributed by atoms with Crippen LogP contribution in [-0.2, 0) is 19.4 Å². The second-order valence-electron chi connectivity index (χ2n) is 8.00. The highest BCUT2D eigenvalue weighted by atomic mass is 16.5. The quantitative estimate of drug-likeness (QED) is 0.393. The number of likely N-dealkylation sites (tertiary alicyclic amines) is 1. The van der Waals surface area contributed by atoms with E-state index in [-0.39, 0.29) is 0 Å². The maximum Gasteiger partial charge on any atom is 0.191 e. The summed E-state index contributed by atoms with van der Waals surface area (Å²) in [5, 5.41) is 11.0. The molecule has 0 radical (unpaired) electrons. The largest absolute Gasteiger partial charge is 0.361 e. The van der Waals surface area contributed by atoms with Gasteiger partial charge in [-0.1, -0.05) is 32.9 Å². The van der Waals surface area contributed by atoms with Gasteiger partial charge in [0.15, 0.2) is 5.96 Å². The molecule has 1 aromatic heterocycles. The van der Waals surface area contributed by atoms with E-state index in [0.29, 0.717) is 6.54 Å². The van der Waals surface area contributed by atoms with Gasteiger partial charge < -0.3 is 20.1 Å². The molecule has 6 nitrogen and oxygen atoms in total. The highest BCUT2D eigenvalue weighted by Crippen LogP contribution is 2.21. The standard InChI is InChI=1S/C21H39N5O/c1-6-19-18(20(7-2)27-25-19)13-24-21(22-5)23-10-8-9-11-26-14-16(3)12-17(4)15-26/h16-17H,6-15H2,1-5H3,(H2,22,23,24). The first-order valence-corrected chi connectivity index (χ1v) is 10.7. The molecule has 2 rings (SSSR count). The fourth-order valence-corrected chi connectivity index (χ4v) is 4.17. The molecule has 2 N–H and O–H groups in total. The molecule has 0 spiro atoms. The lowest BCUT2D eigenvalue weighted by molar-refractivity contribution is 0.139. The van der Waals surface area contributed by atoms with Gasteiger partial charge >= 0.3 is 0 Å². The molecular weight excluding hydrogens is 338 g/mol. The summed E-state index contributed by atoms with van der Waals surface area (Å²) in [6.45, 7) is 14.4. The van der Waals surface area contributed by atoms with Crippen molar-refractivity contribution >= 4 is 5.96 Å². The first kappa shape index (κ1) is 21.7. The number of piperidine rings is 1. The summed E-state index contributed by atoms with van der Waals surface area (Å²) in [5.41, 5.74) is 2.22. The summed E-state index contributed by atoms with van der Waals surface area (Å²) in [6.07, 6.45) is 5.53. The van der Waals surface area contributed by atoms with Crippen LogP contribution in [0.5, 0.6) is 0 Å². The molecule has 1 fully saturated rings. The average Bonchev–Trinajstić information content (AvgIpc) is 3.05. The maximum atomic E-state index is 5.43. The minimum atomic E-state index is 0.707. The van der Waals surface area contributed by atoms with E-state index in [1.54, 1.807) is 0 Å². The van der Waals surface area contributed by atoms with Crippen molar-refractivity contribution in [3.8, 4) is 0 Å². The molecule has 1 aromatic rings. The number of aliphatic imine (C=N–C) groups is 1. The second-order valence-corrected chi connectivity index (χ2v) is 8.00. The molecule has 27 heavy (non-hydrogen) atoms. The third-order valence-corrected chi connectivity index (χ3v) is 5.40. The molecule has 0 aliphatic carbocycles. The minimum Gasteiger partial charge on any atom is -0.361 e. The second kappa shape index (κ2) is 11.3. The lowest BCUT2D eigenvalue weighted by atomic mass is 9.92. The number of nitrogens with zero attached hydrogens (tertiary/aromatic N) is 3. The molecule has 0 saturated carbocycles. The number of aryl methyl sites for hydroxylation is 2. The normalized spacial score (nSPS) is 21.4.